The summed E-state index contributed by atoms with van der Waals surface area (Å²) >= 11 is 0. The van der Waals surface area contributed by atoms with Crippen molar-refractivity contribution in [1.29, 1.82) is 0 Å². The van der Waals surface area contributed by atoms with Crippen LogP contribution >= 0.6 is 0 Å². The summed E-state index contributed by atoms with van der Waals surface area (Å²) in [7, 11) is 1.84. The molecule has 0 aliphatic carbocycles. The Balaban J connectivity index is 1.35. The van der Waals surface area contributed by atoms with E-state index in [-0.39, 0.29) is 43.1 Å². The van der Waals surface area contributed by atoms with Gasteiger partial charge in [-0.25, -0.2) is 4.79 Å². The molecule has 4 amide bonds. The van der Waals surface area contributed by atoms with Gasteiger partial charge in [-0.15, -0.1) is 0 Å². The average molecular weight is 530 g/mol. The zero-order valence-electron chi connectivity index (χ0n) is 21.7. The average Bonchev–Trinajstić information content (AvgIpc) is 3.34. The van der Waals surface area contributed by atoms with E-state index in [1.54, 1.807) is 53.8 Å². The number of hydrogen-bond donors (Lipinski definition) is 3. The molecule has 1 aromatic carbocycles. The number of amides is 4. The van der Waals surface area contributed by atoms with Crippen LogP contribution in [-0.2, 0) is 4.79 Å². The first kappa shape index (κ1) is 26.1. The van der Waals surface area contributed by atoms with Crippen LogP contribution in [0.15, 0.2) is 67.1 Å². The number of urea groups is 1. The van der Waals surface area contributed by atoms with Crippen LogP contribution in [0.1, 0.15) is 16.8 Å². The number of hydrogen-bond acceptors (Lipinski definition) is 7. The molecule has 1 fully saturated rings. The third-order valence-electron chi connectivity index (χ3n) is 6.80. The summed E-state index contributed by atoms with van der Waals surface area (Å²) < 4.78 is 6.24. The third-order valence-corrected chi connectivity index (χ3v) is 6.80. The van der Waals surface area contributed by atoms with E-state index < -0.39 is 0 Å². The molecule has 5 heterocycles. The molecule has 2 aromatic heterocycles. The standard InChI is InChI=1S/C28H31N7O4/c1-34-13-12-31-27(37)20-8-6-19(7-9-20)26-24(5-3-11-30-26)39-18-23-14-22(16-35(23)25(36)17-34)33-28(38)32-21-4-2-10-29-15-21/h2-11,15,22-23H,12-14,16-18H2,1H3,(H,31,37)(H2,32,33,38)/t22-,23-/m0/s1. The lowest BCUT2D eigenvalue weighted by molar-refractivity contribution is -0.133. The summed E-state index contributed by atoms with van der Waals surface area (Å²) in [5, 5.41) is 8.66. The molecular formula is C28H31N7O4. The molecule has 11 nitrogen and oxygen atoms in total. The van der Waals surface area contributed by atoms with Gasteiger partial charge in [-0.3, -0.25) is 24.5 Å². The number of rotatable bonds is 2. The summed E-state index contributed by atoms with van der Waals surface area (Å²) in [5.74, 6) is 0.327. The number of benzene rings is 1. The van der Waals surface area contributed by atoms with Crippen LogP contribution in [0.5, 0.6) is 5.75 Å². The third kappa shape index (κ3) is 6.50. The van der Waals surface area contributed by atoms with Gasteiger partial charge in [0.05, 0.1) is 30.5 Å². The van der Waals surface area contributed by atoms with Gasteiger partial charge >= 0.3 is 6.03 Å². The van der Waals surface area contributed by atoms with Gasteiger partial charge in [0.1, 0.15) is 18.1 Å². The first-order chi connectivity index (χ1) is 19.0. The second kappa shape index (κ2) is 11.9. The Kier molecular flexibility index (Phi) is 7.97. The van der Waals surface area contributed by atoms with Gasteiger partial charge < -0.3 is 25.6 Å². The van der Waals surface area contributed by atoms with Crippen LogP contribution in [0.25, 0.3) is 11.3 Å². The molecular weight excluding hydrogens is 498 g/mol. The highest BCUT2D eigenvalue weighted by Gasteiger charge is 2.37. The maximum Gasteiger partial charge on any atom is 0.319 e. The van der Waals surface area contributed by atoms with Crippen LogP contribution in [-0.4, -0.2) is 89.5 Å². The fourth-order valence-corrected chi connectivity index (χ4v) is 4.83. The zero-order valence-corrected chi connectivity index (χ0v) is 21.7. The Bertz CT molecular complexity index is 1320. The number of carbonyl (C=O) groups excluding carboxylic acids is 3. The van der Waals surface area contributed by atoms with Gasteiger partial charge in [0.25, 0.3) is 5.91 Å². The zero-order chi connectivity index (χ0) is 27.2. The number of anilines is 1. The van der Waals surface area contributed by atoms with E-state index in [4.69, 9.17) is 4.74 Å². The molecule has 3 aromatic rings. The van der Waals surface area contributed by atoms with E-state index >= 15 is 0 Å². The number of likely N-dealkylation sites (N-methyl/N-ethyl adjacent to an activating group) is 1. The minimum Gasteiger partial charge on any atom is -0.489 e. The van der Waals surface area contributed by atoms with Crippen molar-refractivity contribution in [3.05, 3.63) is 72.7 Å². The van der Waals surface area contributed by atoms with Crippen molar-refractivity contribution in [1.82, 2.24) is 30.4 Å². The molecule has 0 unspecified atom stereocenters. The number of nitrogens with one attached hydrogen (secondary N) is 3. The highest BCUT2D eigenvalue weighted by molar-refractivity contribution is 5.94. The van der Waals surface area contributed by atoms with Crippen molar-refractivity contribution in [2.24, 2.45) is 0 Å². The number of ether oxygens (including phenoxy) is 1. The van der Waals surface area contributed by atoms with E-state index in [0.29, 0.717) is 48.7 Å². The number of aromatic nitrogens is 2. The highest BCUT2D eigenvalue weighted by Crippen LogP contribution is 2.29. The Labute approximate surface area is 226 Å². The summed E-state index contributed by atoms with van der Waals surface area (Å²) in [4.78, 5) is 50.7. The summed E-state index contributed by atoms with van der Waals surface area (Å²) in [5.41, 5.74) is 2.60. The van der Waals surface area contributed by atoms with Gasteiger partial charge in [-0.2, -0.15) is 0 Å². The van der Waals surface area contributed by atoms with Crippen LogP contribution in [0.2, 0.25) is 0 Å². The number of nitrogens with zero attached hydrogens (tertiary/aromatic N) is 4. The number of fused-ring (bicyclic) bond motifs is 9. The maximum atomic E-state index is 13.4. The summed E-state index contributed by atoms with van der Waals surface area (Å²) in [6, 6.07) is 13.5. The predicted octanol–water partition coefficient (Wildman–Crippen LogP) is 1.99. The topological polar surface area (TPSA) is 129 Å². The molecule has 3 aliphatic heterocycles. The molecule has 1 saturated heterocycles. The molecule has 2 bridgehead atoms. The molecule has 0 spiro atoms. The van der Waals surface area contributed by atoms with Crippen molar-refractivity contribution in [3.63, 3.8) is 0 Å². The molecule has 39 heavy (non-hydrogen) atoms. The van der Waals surface area contributed by atoms with Gasteiger partial charge in [-0.1, -0.05) is 12.1 Å². The lowest BCUT2D eigenvalue weighted by atomic mass is 10.1. The van der Waals surface area contributed by atoms with E-state index in [0.717, 1.165) is 5.56 Å². The van der Waals surface area contributed by atoms with Crippen molar-refractivity contribution < 1.29 is 19.1 Å². The van der Waals surface area contributed by atoms with E-state index in [1.807, 2.05) is 30.1 Å². The minimum atomic E-state index is -0.359. The molecule has 2 atom stereocenters. The number of pyridine rings is 2. The van der Waals surface area contributed by atoms with Crippen molar-refractivity contribution >= 4 is 23.5 Å². The maximum absolute atomic E-state index is 13.4. The molecule has 202 valence electrons. The molecule has 11 heteroatoms. The first-order valence-corrected chi connectivity index (χ1v) is 12.9. The Hall–Kier alpha value is -4.51. The number of carbonyl (C=O) groups is 3. The van der Waals surface area contributed by atoms with Crippen LogP contribution < -0.4 is 20.7 Å². The van der Waals surface area contributed by atoms with Gasteiger partial charge in [-0.05, 0) is 49.9 Å². The second-order valence-corrected chi connectivity index (χ2v) is 9.70. The fraction of sp³-hybridized carbons (Fsp3) is 0.321. The Morgan fingerprint density at radius 1 is 1.08 bits per heavy atom. The Morgan fingerprint density at radius 3 is 2.67 bits per heavy atom. The normalized spacial score (nSPS) is 20.3. The molecule has 3 N–H and O–H groups in total. The fourth-order valence-electron chi connectivity index (χ4n) is 4.83. The first-order valence-electron chi connectivity index (χ1n) is 12.9. The molecule has 3 aliphatic rings. The monoisotopic (exact) mass is 529 g/mol. The largest absolute Gasteiger partial charge is 0.489 e. The SMILES string of the molecule is CN1CCNC(=O)c2ccc(cc2)-c2ncccc2OC[C@@H]2C[C@H](NC(=O)Nc3cccnc3)CN2C(=O)C1. The van der Waals surface area contributed by atoms with Crippen LogP contribution in [0.3, 0.4) is 0 Å². The van der Waals surface area contributed by atoms with Crippen molar-refractivity contribution in [2.45, 2.75) is 18.5 Å². The van der Waals surface area contributed by atoms with Crippen LogP contribution in [0, 0.1) is 0 Å². The van der Waals surface area contributed by atoms with E-state index in [9.17, 15) is 14.4 Å². The molecule has 6 rings (SSSR count). The quantitative estimate of drug-likeness (QED) is 0.463. The van der Waals surface area contributed by atoms with Crippen LogP contribution in [0.4, 0.5) is 10.5 Å². The summed E-state index contributed by atoms with van der Waals surface area (Å²) in [6.07, 6.45) is 5.43. The lowest BCUT2D eigenvalue weighted by Gasteiger charge is -2.27. The summed E-state index contributed by atoms with van der Waals surface area (Å²) in [6.45, 7) is 1.69. The molecule has 0 saturated carbocycles. The van der Waals surface area contributed by atoms with E-state index in [2.05, 4.69) is 25.9 Å². The van der Waals surface area contributed by atoms with Gasteiger partial charge in [0.15, 0.2) is 0 Å². The van der Waals surface area contributed by atoms with Crippen molar-refractivity contribution in [2.75, 3.05) is 45.2 Å². The minimum absolute atomic E-state index is 0.0720. The Morgan fingerprint density at radius 2 is 1.87 bits per heavy atom. The molecule has 0 radical (unpaired) electrons. The van der Waals surface area contributed by atoms with E-state index in [1.165, 1.54) is 0 Å². The van der Waals surface area contributed by atoms with Gasteiger partial charge in [0, 0.05) is 43.2 Å². The van der Waals surface area contributed by atoms with Gasteiger partial charge in [0.2, 0.25) is 5.91 Å². The second-order valence-electron chi connectivity index (χ2n) is 9.70. The van der Waals surface area contributed by atoms with Crippen molar-refractivity contribution in [3.8, 4) is 17.0 Å². The highest BCUT2D eigenvalue weighted by atomic mass is 16.5. The predicted molar refractivity (Wildman–Crippen MR) is 145 cm³/mol. The smallest absolute Gasteiger partial charge is 0.319 e. The lowest BCUT2D eigenvalue weighted by Crippen LogP contribution is -2.46.